The first-order valence-corrected chi connectivity index (χ1v) is 9.35. The van der Waals surface area contributed by atoms with E-state index in [0.29, 0.717) is 6.54 Å². The minimum absolute atomic E-state index is 0.0582. The molecule has 1 heterocycles. The molecule has 5 nitrogen and oxygen atoms in total. The summed E-state index contributed by atoms with van der Waals surface area (Å²) in [4.78, 5) is 18.6. The summed E-state index contributed by atoms with van der Waals surface area (Å²) in [5, 5.41) is 9.44. The molecule has 1 amide bonds. The smallest absolute Gasteiger partial charge is 0.284 e. The van der Waals surface area contributed by atoms with Crippen LogP contribution >= 0.6 is 0 Å². The van der Waals surface area contributed by atoms with Gasteiger partial charge < -0.3 is 19.8 Å². The molecule has 0 bridgehead atoms. The van der Waals surface area contributed by atoms with Gasteiger partial charge in [0.25, 0.3) is 5.91 Å². The van der Waals surface area contributed by atoms with Crippen LogP contribution in [0.3, 0.4) is 0 Å². The highest BCUT2D eigenvalue weighted by molar-refractivity contribution is 5.96. The molecule has 0 spiro atoms. The molecule has 2 N–H and O–H groups in total. The van der Waals surface area contributed by atoms with Crippen molar-refractivity contribution in [3.8, 4) is 5.75 Å². The Labute approximate surface area is 155 Å². The van der Waals surface area contributed by atoms with Gasteiger partial charge >= 0.3 is 0 Å². The molecule has 0 aromatic heterocycles. The van der Waals surface area contributed by atoms with Gasteiger partial charge in [-0.3, -0.25) is 4.79 Å². The number of aromatic hydroxyl groups is 1. The van der Waals surface area contributed by atoms with Crippen molar-refractivity contribution < 1.29 is 14.8 Å². The molecule has 0 unspecified atom stereocenters. The molecule has 1 aliphatic rings. The molecular formula is C21H28N3O2+. The maximum atomic E-state index is 13.0. The highest BCUT2D eigenvalue weighted by Crippen LogP contribution is 2.18. The second kappa shape index (κ2) is 8.23. The molecule has 5 heteroatoms. The Morgan fingerprint density at radius 3 is 2.31 bits per heavy atom. The lowest BCUT2D eigenvalue weighted by Crippen LogP contribution is -3.19. The number of hydrogen-bond donors (Lipinski definition) is 2. The number of piperazine rings is 1. The predicted molar refractivity (Wildman–Crippen MR) is 105 cm³/mol. The van der Waals surface area contributed by atoms with Crippen molar-refractivity contribution in [2.75, 3.05) is 42.5 Å². The summed E-state index contributed by atoms with van der Waals surface area (Å²) in [6.07, 6.45) is 0. The monoisotopic (exact) mass is 354 g/mol. The average molecular weight is 354 g/mol. The van der Waals surface area contributed by atoms with Crippen LogP contribution < -0.4 is 14.7 Å². The minimum Gasteiger partial charge on any atom is -0.508 e. The average Bonchev–Trinajstić information content (AvgIpc) is 2.69. The standard InChI is InChI=1S/C21H27N3O2/c1-3-24(19-7-5-4-6-8-19)21(26)17(2)22-13-15-23(16-14-22)18-9-11-20(25)12-10-18/h4-12,17,25H,3,13-16H2,1-2H3/p+1/t17-/m1/s1. The lowest BCUT2D eigenvalue weighted by atomic mass is 10.1. The van der Waals surface area contributed by atoms with E-state index in [-0.39, 0.29) is 17.7 Å². The largest absolute Gasteiger partial charge is 0.508 e. The molecule has 2 aromatic carbocycles. The summed E-state index contributed by atoms with van der Waals surface area (Å²) in [6, 6.07) is 17.2. The van der Waals surface area contributed by atoms with Crippen molar-refractivity contribution in [3.05, 3.63) is 54.6 Å². The zero-order valence-corrected chi connectivity index (χ0v) is 15.6. The van der Waals surface area contributed by atoms with E-state index in [0.717, 1.165) is 37.6 Å². The number of phenolic OH excluding ortho intramolecular Hbond substituents is 1. The second-order valence-corrected chi connectivity index (χ2v) is 6.80. The van der Waals surface area contributed by atoms with E-state index < -0.39 is 0 Å². The summed E-state index contributed by atoms with van der Waals surface area (Å²) in [7, 11) is 0. The molecule has 1 saturated heterocycles. The van der Waals surface area contributed by atoms with Gasteiger partial charge in [-0.05, 0) is 50.2 Å². The zero-order chi connectivity index (χ0) is 18.5. The minimum atomic E-state index is -0.0582. The Morgan fingerprint density at radius 1 is 1.12 bits per heavy atom. The molecule has 138 valence electrons. The van der Waals surface area contributed by atoms with E-state index in [2.05, 4.69) is 4.90 Å². The fraction of sp³-hybridized carbons (Fsp3) is 0.381. The third-order valence-electron chi connectivity index (χ3n) is 5.25. The first kappa shape index (κ1) is 18.3. The summed E-state index contributed by atoms with van der Waals surface area (Å²) in [6.45, 7) is 8.43. The molecule has 3 rings (SSSR count). The molecule has 0 saturated carbocycles. The first-order valence-electron chi connectivity index (χ1n) is 9.35. The van der Waals surface area contributed by atoms with Gasteiger partial charge in [0.05, 0.1) is 26.2 Å². The highest BCUT2D eigenvalue weighted by Gasteiger charge is 2.32. The lowest BCUT2D eigenvalue weighted by molar-refractivity contribution is -0.914. The molecule has 2 aromatic rings. The van der Waals surface area contributed by atoms with Crippen molar-refractivity contribution in [2.45, 2.75) is 19.9 Å². The first-order chi connectivity index (χ1) is 12.6. The number of anilines is 2. The van der Waals surface area contributed by atoms with E-state index in [1.165, 1.54) is 4.90 Å². The SMILES string of the molecule is CCN(C(=O)[C@@H](C)[NH+]1CCN(c2ccc(O)cc2)CC1)c1ccccc1. The maximum Gasteiger partial charge on any atom is 0.284 e. The summed E-state index contributed by atoms with van der Waals surface area (Å²) >= 11 is 0. The summed E-state index contributed by atoms with van der Waals surface area (Å²) < 4.78 is 0. The van der Waals surface area contributed by atoms with Crippen LogP contribution in [-0.4, -0.2) is 49.8 Å². The Kier molecular flexibility index (Phi) is 5.78. The molecule has 1 aliphatic heterocycles. The molecule has 26 heavy (non-hydrogen) atoms. The molecule has 1 fully saturated rings. The number of likely N-dealkylation sites (N-methyl/N-ethyl adjacent to an activating group) is 1. The van der Waals surface area contributed by atoms with Gasteiger partial charge in [0.15, 0.2) is 6.04 Å². The van der Waals surface area contributed by atoms with E-state index in [1.54, 1.807) is 12.1 Å². The van der Waals surface area contributed by atoms with Crippen LogP contribution in [0.5, 0.6) is 5.75 Å². The van der Waals surface area contributed by atoms with Gasteiger partial charge in [0.2, 0.25) is 0 Å². The Bertz CT molecular complexity index is 710. The molecule has 0 aliphatic carbocycles. The van der Waals surface area contributed by atoms with Crippen LogP contribution in [0.25, 0.3) is 0 Å². The fourth-order valence-electron chi connectivity index (χ4n) is 3.63. The number of rotatable bonds is 5. The maximum absolute atomic E-state index is 13.0. The van der Waals surface area contributed by atoms with Crippen molar-refractivity contribution in [3.63, 3.8) is 0 Å². The van der Waals surface area contributed by atoms with Gasteiger partial charge in [-0.2, -0.15) is 0 Å². The number of quaternary nitrogens is 1. The van der Waals surface area contributed by atoms with Crippen molar-refractivity contribution in [1.29, 1.82) is 0 Å². The van der Waals surface area contributed by atoms with Crippen molar-refractivity contribution in [2.24, 2.45) is 0 Å². The van der Waals surface area contributed by atoms with Gasteiger partial charge in [-0.25, -0.2) is 0 Å². The van der Waals surface area contributed by atoms with Crippen LogP contribution in [-0.2, 0) is 4.79 Å². The van der Waals surface area contributed by atoms with E-state index >= 15 is 0 Å². The van der Waals surface area contributed by atoms with Gasteiger partial charge in [-0.15, -0.1) is 0 Å². The van der Waals surface area contributed by atoms with Gasteiger partial charge in [0, 0.05) is 17.9 Å². The third-order valence-corrected chi connectivity index (χ3v) is 5.25. The number of para-hydroxylation sites is 1. The third kappa shape index (κ3) is 3.99. The predicted octanol–water partition coefficient (Wildman–Crippen LogP) is 1.54. The van der Waals surface area contributed by atoms with Gasteiger partial charge in [0.1, 0.15) is 5.75 Å². The second-order valence-electron chi connectivity index (χ2n) is 6.80. The van der Waals surface area contributed by atoms with E-state index in [4.69, 9.17) is 0 Å². The van der Waals surface area contributed by atoms with E-state index in [9.17, 15) is 9.90 Å². The molecular weight excluding hydrogens is 326 g/mol. The number of nitrogens with one attached hydrogen (secondary N) is 1. The number of amides is 1. The lowest BCUT2D eigenvalue weighted by Gasteiger charge is -2.37. The number of hydrogen-bond acceptors (Lipinski definition) is 3. The quantitative estimate of drug-likeness (QED) is 0.856. The number of phenols is 1. The van der Waals surface area contributed by atoms with Gasteiger partial charge in [-0.1, -0.05) is 18.2 Å². The van der Waals surface area contributed by atoms with Crippen LogP contribution in [0.4, 0.5) is 11.4 Å². The topological polar surface area (TPSA) is 48.2 Å². The number of carbonyl (C=O) groups excluding carboxylic acids is 1. The summed E-state index contributed by atoms with van der Waals surface area (Å²) in [5.74, 6) is 0.476. The van der Waals surface area contributed by atoms with Crippen molar-refractivity contribution in [1.82, 2.24) is 0 Å². The molecule has 0 radical (unpaired) electrons. The van der Waals surface area contributed by atoms with E-state index in [1.807, 2.05) is 61.2 Å². The van der Waals surface area contributed by atoms with Crippen LogP contribution in [0.1, 0.15) is 13.8 Å². The number of carbonyl (C=O) groups is 1. The fourth-order valence-corrected chi connectivity index (χ4v) is 3.63. The number of nitrogens with zero attached hydrogens (tertiary/aromatic N) is 2. The Hall–Kier alpha value is -2.53. The Morgan fingerprint density at radius 2 is 1.73 bits per heavy atom. The normalized spacial score (nSPS) is 16.3. The Balaban J connectivity index is 1.61. The zero-order valence-electron chi connectivity index (χ0n) is 15.6. The molecule has 1 atom stereocenters. The van der Waals surface area contributed by atoms with Crippen molar-refractivity contribution >= 4 is 17.3 Å². The number of benzene rings is 2. The summed E-state index contributed by atoms with van der Waals surface area (Å²) in [5.41, 5.74) is 2.09. The van der Waals surface area contributed by atoms with Crippen LogP contribution in [0, 0.1) is 0 Å². The van der Waals surface area contributed by atoms with Crippen LogP contribution in [0.2, 0.25) is 0 Å². The van der Waals surface area contributed by atoms with Crippen LogP contribution in [0.15, 0.2) is 54.6 Å². The highest BCUT2D eigenvalue weighted by atomic mass is 16.3.